The molecule has 0 atom stereocenters. The molecule has 2 heterocycles. The Labute approximate surface area is 140 Å². The number of carbonyl (C=O) groups excluding carboxylic acids is 1. The van der Waals surface area contributed by atoms with Gasteiger partial charge in [0.1, 0.15) is 17.4 Å². The highest BCUT2D eigenvalue weighted by atomic mass is 32.1. The number of anilines is 1. The predicted octanol–water partition coefficient (Wildman–Crippen LogP) is 2.94. The van der Waals surface area contributed by atoms with E-state index in [1.165, 1.54) is 54.1 Å². The predicted molar refractivity (Wildman–Crippen MR) is 91.8 cm³/mol. The van der Waals surface area contributed by atoms with E-state index in [1.807, 2.05) is 0 Å². The lowest BCUT2D eigenvalue weighted by molar-refractivity contribution is -0.901. The topological polar surface area (TPSA) is 33.5 Å². The molecule has 0 saturated carbocycles. The van der Waals surface area contributed by atoms with Gasteiger partial charge in [0.2, 0.25) is 0 Å². The van der Waals surface area contributed by atoms with Crippen LogP contribution >= 0.6 is 11.3 Å². The summed E-state index contributed by atoms with van der Waals surface area (Å²) in [6, 6.07) is 6.10. The highest BCUT2D eigenvalue weighted by molar-refractivity contribution is 7.16. The molecule has 0 unspecified atom stereocenters. The van der Waals surface area contributed by atoms with E-state index in [4.69, 9.17) is 0 Å². The first-order valence-electron chi connectivity index (χ1n) is 8.04. The second kappa shape index (κ2) is 6.81. The minimum Gasteiger partial charge on any atom is -0.331 e. The van der Waals surface area contributed by atoms with Crippen LogP contribution in [0.4, 0.5) is 9.39 Å². The van der Waals surface area contributed by atoms with Crippen molar-refractivity contribution in [2.75, 3.05) is 18.4 Å². The number of thiophene rings is 1. The Morgan fingerprint density at radius 1 is 1.26 bits per heavy atom. The van der Waals surface area contributed by atoms with E-state index in [0.29, 0.717) is 0 Å². The molecule has 1 aromatic carbocycles. The second-order valence-electron chi connectivity index (χ2n) is 6.16. The Kier molecular flexibility index (Phi) is 4.78. The van der Waals surface area contributed by atoms with E-state index in [2.05, 4.69) is 19.2 Å². The summed E-state index contributed by atoms with van der Waals surface area (Å²) in [4.78, 5) is 15.2. The fourth-order valence-electron chi connectivity index (χ4n) is 3.11. The van der Waals surface area contributed by atoms with E-state index in [9.17, 15) is 9.18 Å². The van der Waals surface area contributed by atoms with Crippen molar-refractivity contribution in [1.29, 1.82) is 0 Å². The number of halogens is 1. The number of likely N-dealkylation sites (tertiary alicyclic amines) is 1. The molecular weight excluding hydrogens is 311 g/mol. The van der Waals surface area contributed by atoms with Crippen molar-refractivity contribution in [3.63, 3.8) is 0 Å². The van der Waals surface area contributed by atoms with E-state index < -0.39 is 5.82 Å². The average molecular weight is 333 g/mol. The molecule has 1 aromatic heterocycles. The number of benzene rings is 1. The van der Waals surface area contributed by atoms with Crippen LogP contribution in [-0.4, -0.2) is 19.0 Å². The summed E-state index contributed by atoms with van der Waals surface area (Å²) in [6.45, 7) is 7.49. The highest BCUT2D eigenvalue weighted by Crippen LogP contribution is 2.32. The molecule has 0 radical (unpaired) electrons. The van der Waals surface area contributed by atoms with Gasteiger partial charge in [0.05, 0.1) is 18.7 Å². The zero-order valence-electron chi connectivity index (χ0n) is 13.5. The number of carbonyl (C=O) groups is 1. The third-order valence-electron chi connectivity index (χ3n) is 4.59. The number of quaternary nitrogens is 1. The smallest absolute Gasteiger partial charge is 0.259 e. The Hall–Kier alpha value is -1.72. The summed E-state index contributed by atoms with van der Waals surface area (Å²) in [7, 11) is 0. The number of aryl methyl sites for hydroxylation is 1. The molecule has 2 N–H and O–H groups in total. The molecule has 3 nitrogen and oxygen atoms in total. The van der Waals surface area contributed by atoms with Gasteiger partial charge in [-0.1, -0.05) is 12.1 Å². The molecule has 2 aromatic rings. The molecular formula is C18H22FN2OS+. The fourth-order valence-corrected chi connectivity index (χ4v) is 4.18. The molecule has 0 bridgehead atoms. The molecule has 1 fully saturated rings. The molecule has 122 valence electrons. The zero-order valence-corrected chi connectivity index (χ0v) is 14.4. The summed E-state index contributed by atoms with van der Waals surface area (Å²) >= 11 is 1.59. The molecule has 1 saturated heterocycles. The van der Waals surface area contributed by atoms with Gasteiger partial charge < -0.3 is 10.2 Å². The van der Waals surface area contributed by atoms with E-state index in [1.54, 1.807) is 28.4 Å². The van der Waals surface area contributed by atoms with Crippen molar-refractivity contribution in [2.24, 2.45) is 0 Å². The number of rotatable bonds is 4. The summed E-state index contributed by atoms with van der Waals surface area (Å²) < 4.78 is 13.8. The lowest BCUT2D eigenvalue weighted by atomic mass is 10.1. The van der Waals surface area contributed by atoms with Crippen LogP contribution in [0.3, 0.4) is 0 Å². The summed E-state index contributed by atoms with van der Waals surface area (Å²) in [6.07, 6.45) is 2.54. The van der Waals surface area contributed by atoms with E-state index >= 15 is 0 Å². The fraction of sp³-hybridized carbons (Fsp3) is 0.389. The van der Waals surface area contributed by atoms with Crippen molar-refractivity contribution in [2.45, 2.75) is 33.2 Å². The number of hydrogen-bond acceptors (Lipinski definition) is 2. The molecule has 5 heteroatoms. The third kappa shape index (κ3) is 3.46. The van der Waals surface area contributed by atoms with Crippen molar-refractivity contribution in [1.82, 2.24) is 0 Å². The molecule has 1 aliphatic heterocycles. The SMILES string of the molecule is Cc1sc(NC(=O)c2ccccc2F)c(C[NH+]2CCCC2)c1C. The van der Waals surface area contributed by atoms with Crippen molar-refractivity contribution in [3.05, 3.63) is 51.7 Å². The highest BCUT2D eigenvalue weighted by Gasteiger charge is 2.23. The van der Waals surface area contributed by atoms with Crippen molar-refractivity contribution < 1.29 is 14.1 Å². The van der Waals surface area contributed by atoms with Crippen LogP contribution in [0.15, 0.2) is 24.3 Å². The first kappa shape index (κ1) is 16.1. The van der Waals surface area contributed by atoms with Gasteiger partial charge >= 0.3 is 0 Å². The van der Waals surface area contributed by atoms with Crippen LogP contribution in [0.1, 0.15) is 39.2 Å². The lowest BCUT2D eigenvalue weighted by Gasteiger charge is -2.14. The Morgan fingerprint density at radius 3 is 2.65 bits per heavy atom. The summed E-state index contributed by atoms with van der Waals surface area (Å²) in [5.74, 6) is -0.858. The van der Waals surface area contributed by atoms with Gasteiger partial charge in [-0.2, -0.15) is 0 Å². The Balaban J connectivity index is 1.83. The minimum atomic E-state index is -0.485. The monoisotopic (exact) mass is 333 g/mol. The number of amides is 1. The molecule has 0 aliphatic carbocycles. The maximum Gasteiger partial charge on any atom is 0.259 e. The molecule has 1 aliphatic rings. The first-order chi connectivity index (χ1) is 11.1. The zero-order chi connectivity index (χ0) is 16.4. The van der Waals surface area contributed by atoms with Crippen LogP contribution in [0.5, 0.6) is 0 Å². The van der Waals surface area contributed by atoms with Gasteiger partial charge in [-0.25, -0.2) is 4.39 Å². The standard InChI is InChI=1S/C18H21FN2OS/c1-12-13(2)23-18(15(12)11-21-9-5-6-10-21)20-17(22)14-7-3-4-8-16(14)19/h3-4,7-8H,5-6,9-11H2,1-2H3,(H,20,22)/p+1. The van der Waals surface area contributed by atoms with Crippen LogP contribution in [-0.2, 0) is 6.54 Å². The van der Waals surface area contributed by atoms with Gasteiger partial charge in [-0.05, 0) is 31.5 Å². The maximum absolute atomic E-state index is 13.8. The van der Waals surface area contributed by atoms with E-state index in [-0.39, 0.29) is 11.5 Å². The number of hydrogen-bond donors (Lipinski definition) is 2. The number of nitrogens with one attached hydrogen (secondary N) is 2. The van der Waals surface area contributed by atoms with Crippen LogP contribution in [0.2, 0.25) is 0 Å². The molecule has 3 rings (SSSR count). The molecule has 23 heavy (non-hydrogen) atoms. The quantitative estimate of drug-likeness (QED) is 0.886. The van der Waals surface area contributed by atoms with Crippen LogP contribution < -0.4 is 10.2 Å². The van der Waals surface area contributed by atoms with Crippen LogP contribution in [0.25, 0.3) is 0 Å². The maximum atomic E-state index is 13.8. The van der Waals surface area contributed by atoms with Gasteiger partial charge in [-0.15, -0.1) is 11.3 Å². The van der Waals surface area contributed by atoms with Gasteiger partial charge in [0.15, 0.2) is 0 Å². The van der Waals surface area contributed by atoms with E-state index in [0.717, 1.165) is 11.5 Å². The summed E-state index contributed by atoms with van der Waals surface area (Å²) in [5, 5.41) is 3.80. The molecule has 0 spiro atoms. The third-order valence-corrected chi connectivity index (χ3v) is 5.76. The van der Waals surface area contributed by atoms with Crippen LogP contribution in [0, 0.1) is 19.7 Å². The lowest BCUT2D eigenvalue weighted by Crippen LogP contribution is -3.08. The minimum absolute atomic E-state index is 0.0932. The summed E-state index contributed by atoms with van der Waals surface area (Å²) in [5.41, 5.74) is 2.54. The second-order valence-corrected chi connectivity index (χ2v) is 7.38. The molecule has 1 amide bonds. The largest absolute Gasteiger partial charge is 0.331 e. The van der Waals surface area contributed by atoms with Gasteiger partial charge in [0.25, 0.3) is 5.91 Å². The average Bonchev–Trinajstić information content (AvgIpc) is 3.12. The Morgan fingerprint density at radius 2 is 1.96 bits per heavy atom. The van der Waals surface area contributed by atoms with Gasteiger partial charge in [-0.3, -0.25) is 4.79 Å². The normalized spacial score (nSPS) is 15.1. The first-order valence-corrected chi connectivity index (χ1v) is 8.86. The van der Waals surface area contributed by atoms with Crippen molar-refractivity contribution in [3.8, 4) is 0 Å². The van der Waals surface area contributed by atoms with Gasteiger partial charge in [0, 0.05) is 23.3 Å². The Bertz CT molecular complexity index is 720. The van der Waals surface area contributed by atoms with Crippen molar-refractivity contribution >= 4 is 22.2 Å².